The van der Waals surface area contributed by atoms with E-state index < -0.39 is 12.5 Å². The molecule has 2 heterocycles. The number of nitrogens with zero attached hydrogens (tertiary/aromatic N) is 1. The van der Waals surface area contributed by atoms with Crippen LogP contribution in [0.5, 0.6) is 11.5 Å². The van der Waals surface area contributed by atoms with E-state index in [1.165, 1.54) is 24.3 Å². The standard InChI is InChI=1S/C21H15F3N2O3/c22-21(23,24)28-16-8-6-15(7-9-16)19-12-20(26-29-19)27-17-10-11-18(25-13-17)14-4-2-1-3-5-14/h1-13,19,26H/t19-/m0/s1. The van der Waals surface area contributed by atoms with E-state index in [-0.39, 0.29) is 5.75 Å². The number of ether oxygens (including phenoxy) is 2. The average molecular weight is 400 g/mol. The quantitative estimate of drug-likeness (QED) is 0.643. The molecule has 1 aliphatic heterocycles. The zero-order valence-corrected chi connectivity index (χ0v) is 14.9. The first-order valence-electron chi connectivity index (χ1n) is 8.65. The fraction of sp³-hybridized carbons (Fsp3) is 0.0952. The highest BCUT2D eigenvalue weighted by Crippen LogP contribution is 2.29. The zero-order valence-electron chi connectivity index (χ0n) is 14.9. The molecule has 2 aromatic carbocycles. The van der Waals surface area contributed by atoms with Gasteiger partial charge in [-0.1, -0.05) is 42.5 Å². The molecule has 0 unspecified atom stereocenters. The summed E-state index contributed by atoms with van der Waals surface area (Å²) in [4.78, 5) is 9.79. The Bertz CT molecular complexity index is 988. The predicted octanol–water partition coefficient (Wildman–Crippen LogP) is 5.14. The van der Waals surface area contributed by atoms with Crippen LogP contribution >= 0.6 is 0 Å². The van der Waals surface area contributed by atoms with Gasteiger partial charge in [0.1, 0.15) is 17.6 Å². The molecule has 5 nitrogen and oxygen atoms in total. The van der Waals surface area contributed by atoms with Crippen molar-refractivity contribution in [3.63, 3.8) is 0 Å². The molecule has 0 fully saturated rings. The molecule has 148 valence electrons. The maximum Gasteiger partial charge on any atom is 0.573 e. The molecule has 4 rings (SSSR count). The van der Waals surface area contributed by atoms with Crippen molar-refractivity contribution >= 4 is 0 Å². The number of halogens is 3. The van der Waals surface area contributed by atoms with Crippen molar-refractivity contribution in [2.24, 2.45) is 0 Å². The average Bonchev–Trinajstić information content (AvgIpc) is 3.17. The van der Waals surface area contributed by atoms with Gasteiger partial charge in [-0.15, -0.1) is 13.2 Å². The fourth-order valence-electron chi connectivity index (χ4n) is 2.75. The van der Waals surface area contributed by atoms with E-state index in [0.29, 0.717) is 17.2 Å². The molecule has 1 N–H and O–H groups in total. The highest BCUT2D eigenvalue weighted by atomic mass is 19.4. The van der Waals surface area contributed by atoms with Gasteiger partial charge in [-0.05, 0) is 29.8 Å². The summed E-state index contributed by atoms with van der Waals surface area (Å²) in [7, 11) is 0. The van der Waals surface area contributed by atoms with Crippen LogP contribution in [0.4, 0.5) is 13.2 Å². The van der Waals surface area contributed by atoms with Crippen molar-refractivity contribution in [2.75, 3.05) is 0 Å². The number of hydroxylamine groups is 1. The Morgan fingerprint density at radius 1 is 0.897 bits per heavy atom. The van der Waals surface area contributed by atoms with Gasteiger partial charge in [0, 0.05) is 11.6 Å². The van der Waals surface area contributed by atoms with E-state index in [0.717, 1.165) is 11.3 Å². The first-order valence-corrected chi connectivity index (χ1v) is 8.65. The zero-order chi connectivity index (χ0) is 20.3. The minimum Gasteiger partial charge on any atom is -0.438 e. The van der Waals surface area contributed by atoms with Crippen LogP contribution in [-0.4, -0.2) is 11.3 Å². The summed E-state index contributed by atoms with van der Waals surface area (Å²) in [6.07, 6.45) is -1.97. The van der Waals surface area contributed by atoms with Gasteiger partial charge in [0.05, 0.1) is 11.9 Å². The molecule has 0 radical (unpaired) electrons. The van der Waals surface area contributed by atoms with Crippen molar-refractivity contribution in [3.05, 3.63) is 90.4 Å². The highest BCUT2D eigenvalue weighted by molar-refractivity contribution is 5.59. The molecule has 3 aromatic rings. The number of benzene rings is 2. The van der Waals surface area contributed by atoms with Crippen molar-refractivity contribution in [1.82, 2.24) is 10.5 Å². The Kier molecular flexibility index (Phi) is 5.09. The van der Waals surface area contributed by atoms with Gasteiger partial charge in [-0.25, -0.2) is 5.48 Å². The first kappa shape index (κ1) is 18.8. The maximum atomic E-state index is 12.2. The van der Waals surface area contributed by atoms with E-state index >= 15 is 0 Å². The molecule has 1 aromatic heterocycles. The Labute approximate surface area is 164 Å². The number of aromatic nitrogens is 1. The second-order valence-electron chi connectivity index (χ2n) is 6.14. The second kappa shape index (κ2) is 7.84. The molecular formula is C21H15F3N2O3. The summed E-state index contributed by atoms with van der Waals surface area (Å²) in [5.41, 5.74) is 5.11. The molecule has 0 amide bonds. The second-order valence-corrected chi connectivity index (χ2v) is 6.14. The molecule has 0 bridgehead atoms. The van der Waals surface area contributed by atoms with E-state index in [1.807, 2.05) is 36.4 Å². The third-order valence-electron chi connectivity index (χ3n) is 4.07. The third-order valence-corrected chi connectivity index (χ3v) is 4.07. The molecule has 0 saturated heterocycles. The first-order chi connectivity index (χ1) is 14.0. The van der Waals surface area contributed by atoms with Crippen molar-refractivity contribution in [2.45, 2.75) is 12.5 Å². The topological polar surface area (TPSA) is 52.6 Å². The van der Waals surface area contributed by atoms with Gasteiger partial charge in [-0.2, -0.15) is 0 Å². The largest absolute Gasteiger partial charge is 0.573 e. The molecule has 1 aliphatic rings. The van der Waals surface area contributed by atoms with Crippen LogP contribution in [0.25, 0.3) is 11.3 Å². The summed E-state index contributed by atoms with van der Waals surface area (Å²) in [6, 6.07) is 18.8. The lowest BCUT2D eigenvalue weighted by molar-refractivity contribution is -0.274. The van der Waals surface area contributed by atoms with E-state index in [9.17, 15) is 13.2 Å². The minimum atomic E-state index is -4.72. The summed E-state index contributed by atoms with van der Waals surface area (Å²) in [5.74, 6) is 0.582. The lowest BCUT2D eigenvalue weighted by Crippen LogP contribution is -2.17. The van der Waals surface area contributed by atoms with Gasteiger partial charge in [-0.3, -0.25) is 9.82 Å². The lowest BCUT2D eigenvalue weighted by Gasteiger charge is -2.11. The van der Waals surface area contributed by atoms with Crippen LogP contribution in [0.2, 0.25) is 0 Å². The Balaban J connectivity index is 1.40. The third kappa shape index (κ3) is 4.85. The summed E-state index contributed by atoms with van der Waals surface area (Å²) in [6.45, 7) is 0. The Morgan fingerprint density at radius 3 is 2.28 bits per heavy atom. The van der Waals surface area contributed by atoms with Crippen LogP contribution in [-0.2, 0) is 4.84 Å². The van der Waals surface area contributed by atoms with Crippen molar-refractivity contribution in [1.29, 1.82) is 0 Å². The van der Waals surface area contributed by atoms with Crippen LogP contribution < -0.4 is 15.0 Å². The molecule has 0 aliphatic carbocycles. The smallest absolute Gasteiger partial charge is 0.438 e. The van der Waals surface area contributed by atoms with E-state index in [1.54, 1.807) is 18.3 Å². The number of pyridine rings is 1. The van der Waals surface area contributed by atoms with Gasteiger partial charge < -0.3 is 9.47 Å². The molecule has 1 atom stereocenters. The lowest BCUT2D eigenvalue weighted by atomic mass is 10.1. The molecule has 8 heteroatoms. The van der Waals surface area contributed by atoms with Crippen LogP contribution in [0.3, 0.4) is 0 Å². The normalized spacial score (nSPS) is 16.1. The SMILES string of the molecule is FC(F)(F)Oc1ccc([C@@H]2C=C(Oc3ccc(-c4ccccc4)nc3)NO2)cc1. The van der Waals surface area contributed by atoms with Crippen LogP contribution in [0.1, 0.15) is 11.7 Å². The monoisotopic (exact) mass is 400 g/mol. The maximum absolute atomic E-state index is 12.2. The van der Waals surface area contributed by atoms with Crippen molar-refractivity contribution < 1.29 is 27.5 Å². The minimum absolute atomic E-state index is 0.294. The molecule has 0 spiro atoms. The number of alkyl halides is 3. The molecule has 0 saturated carbocycles. The van der Waals surface area contributed by atoms with Crippen LogP contribution in [0, 0.1) is 0 Å². The Hall–Kier alpha value is -3.52. The highest BCUT2D eigenvalue weighted by Gasteiger charge is 2.31. The van der Waals surface area contributed by atoms with Gasteiger partial charge in [0.25, 0.3) is 0 Å². The van der Waals surface area contributed by atoms with Crippen LogP contribution in [0.15, 0.2) is 84.9 Å². The van der Waals surface area contributed by atoms with E-state index in [2.05, 4.69) is 15.2 Å². The number of hydrogen-bond donors (Lipinski definition) is 1. The van der Waals surface area contributed by atoms with Gasteiger partial charge in [0.15, 0.2) is 0 Å². The van der Waals surface area contributed by atoms with Gasteiger partial charge in [0.2, 0.25) is 5.88 Å². The number of nitrogens with one attached hydrogen (secondary N) is 1. The van der Waals surface area contributed by atoms with Crippen molar-refractivity contribution in [3.8, 4) is 22.8 Å². The molecular weight excluding hydrogens is 385 g/mol. The summed E-state index contributed by atoms with van der Waals surface area (Å²) in [5, 5.41) is 0. The summed E-state index contributed by atoms with van der Waals surface area (Å²) < 4.78 is 46.3. The molecule has 29 heavy (non-hydrogen) atoms. The van der Waals surface area contributed by atoms with Gasteiger partial charge >= 0.3 is 6.36 Å². The predicted molar refractivity (Wildman–Crippen MR) is 98.5 cm³/mol. The number of rotatable bonds is 5. The summed E-state index contributed by atoms with van der Waals surface area (Å²) >= 11 is 0. The number of hydrogen-bond acceptors (Lipinski definition) is 5. The fourth-order valence-corrected chi connectivity index (χ4v) is 2.75. The van der Waals surface area contributed by atoms with E-state index in [4.69, 9.17) is 9.57 Å². The Morgan fingerprint density at radius 2 is 1.62 bits per heavy atom.